The van der Waals surface area contributed by atoms with Gasteiger partial charge in [0.05, 0.1) is 13.0 Å². The number of cyclic esters (lactones) is 1. The molecule has 0 unspecified atom stereocenters. The Labute approximate surface area is 226 Å². The van der Waals surface area contributed by atoms with Gasteiger partial charge in [-0.25, -0.2) is 4.79 Å². The Balaban J connectivity index is 1.16. The van der Waals surface area contributed by atoms with E-state index in [1.54, 1.807) is 6.08 Å². The van der Waals surface area contributed by atoms with E-state index in [2.05, 4.69) is 11.8 Å². The van der Waals surface area contributed by atoms with E-state index < -0.39 is 24.1 Å². The minimum Gasteiger partial charge on any atom is -0.461 e. The molecule has 39 heavy (non-hydrogen) atoms. The Morgan fingerprint density at radius 1 is 1.03 bits per heavy atom. The number of hydrogen-bond acceptors (Lipinski definition) is 6. The lowest BCUT2D eigenvalue weighted by atomic mass is 9.98. The molecule has 0 radical (unpaired) electrons. The van der Waals surface area contributed by atoms with Gasteiger partial charge in [0.2, 0.25) is 0 Å². The Kier molecular flexibility index (Phi) is 7.62. The molecular weight excluding hydrogens is 492 g/mol. The van der Waals surface area contributed by atoms with E-state index in [4.69, 9.17) is 13.9 Å². The van der Waals surface area contributed by atoms with Gasteiger partial charge in [-0.3, -0.25) is 4.79 Å². The van der Waals surface area contributed by atoms with Crippen LogP contribution >= 0.6 is 0 Å². The quantitative estimate of drug-likeness (QED) is 0.200. The zero-order valence-corrected chi connectivity index (χ0v) is 21.6. The highest BCUT2D eigenvalue weighted by molar-refractivity contribution is 5.96. The van der Waals surface area contributed by atoms with Crippen LogP contribution in [0.1, 0.15) is 40.9 Å². The fourth-order valence-electron chi connectivity index (χ4n) is 4.38. The molecular formula is C33H28O6. The van der Waals surface area contributed by atoms with Crippen molar-refractivity contribution in [3.63, 3.8) is 0 Å². The number of fused-ring (bicyclic) bond motifs is 1. The van der Waals surface area contributed by atoms with Crippen LogP contribution in [0.15, 0.2) is 88.9 Å². The maximum absolute atomic E-state index is 12.5. The predicted octanol–water partition coefficient (Wildman–Crippen LogP) is 5.38. The smallest absolute Gasteiger partial charge is 0.334 e. The van der Waals surface area contributed by atoms with Crippen LogP contribution in [-0.2, 0) is 25.5 Å². The fraction of sp³-hybridized carbons (Fsp3) is 0.212. The monoisotopic (exact) mass is 520 g/mol. The van der Waals surface area contributed by atoms with E-state index in [1.165, 1.54) is 5.56 Å². The number of ether oxygens (including phenoxy) is 2. The molecule has 1 N–H and O–H groups in total. The van der Waals surface area contributed by atoms with Gasteiger partial charge < -0.3 is 19.0 Å². The van der Waals surface area contributed by atoms with E-state index in [9.17, 15) is 14.7 Å². The van der Waals surface area contributed by atoms with Crippen molar-refractivity contribution in [1.29, 1.82) is 0 Å². The summed E-state index contributed by atoms with van der Waals surface area (Å²) in [4.78, 5) is 24.9. The number of benzene rings is 3. The highest BCUT2D eigenvalue weighted by Crippen LogP contribution is 2.32. The largest absolute Gasteiger partial charge is 0.461 e. The molecule has 0 saturated carbocycles. The van der Waals surface area contributed by atoms with E-state index in [-0.39, 0.29) is 19.4 Å². The van der Waals surface area contributed by atoms with Crippen LogP contribution in [0.4, 0.5) is 0 Å². The van der Waals surface area contributed by atoms with Crippen LogP contribution in [0.3, 0.4) is 0 Å². The Morgan fingerprint density at radius 2 is 1.77 bits per heavy atom. The van der Waals surface area contributed by atoms with Crippen LogP contribution in [0.5, 0.6) is 0 Å². The normalized spacial score (nSPS) is 17.6. The molecule has 0 spiro atoms. The van der Waals surface area contributed by atoms with Crippen molar-refractivity contribution < 1.29 is 28.6 Å². The summed E-state index contributed by atoms with van der Waals surface area (Å²) in [5, 5.41) is 10.8. The van der Waals surface area contributed by atoms with Crippen molar-refractivity contribution in [3.8, 4) is 11.8 Å². The first-order valence-corrected chi connectivity index (χ1v) is 12.8. The second kappa shape index (κ2) is 11.4. The molecule has 2 heterocycles. The van der Waals surface area contributed by atoms with Crippen molar-refractivity contribution in [2.45, 2.75) is 31.8 Å². The highest BCUT2D eigenvalue weighted by Gasteiger charge is 2.44. The number of aliphatic hydroxyl groups excluding tert-OH is 1. The molecule has 5 rings (SSSR count). The van der Waals surface area contributed by atoms with Crippen molar-refractivity contribution in [2.75, 3.05) is 13.2 Å². The first-order valence-electron chi connectivity index (χ1n) is 12.8. The number of carbonyl (C=O) groups is 2. The van der Waals surface area contributed by atoms with E-state index in [0.29, 0.717) is 23.3 Å². The molecule has 1 aliphatic heterocycles. The van der Waals surface area contributed by atoms with Crippen LogP contribution in [-0.4, -0.2) is 35.9 Å². The first-order chi connectivity index (χ1) is 18.9. The summed E-state index contributed by atoms with van der Waals surface area (Å²) >= 11 is 0. The number of aliphatic hydroxyl groups is 1. The van der Waals surface area contributed by atoms with Crippen molar-refractivity contribution in [3.05, 3.63) is 112 Å². The summed E-state index contributed by atoms with van der Waals surface area (Å²) in [7, 11) is 0. The summed E-state index contributed by atoms with van der Waals surface area (Å²) in [5.41, 5.74) is 3.73. The maximum atomic E-state index is 12.5. The number of aryl methyl sites for hydroxylation is 2. The van der Waals surface area contributed by atoms with Gasteiger partial charge in [-0.05, 0) is 55.0 Å². The molecule has 0 amide bonds. The highest BCUT2D eigenvalue weighted by atomic mass is 16.6. The van der Waals surface area contributed by atoms with Crippen LogP contribution < -0.4 is 0 Å². The molecule has 1 atom stereocenters. The third kappa shape index (κ3) is 6.46. The molecule has 3 aromatic carbocycles. The van der Waals surface area contributed by atoms with E-state index in [0.717, 1.165) is 22.1 Å². The minimum absolute atomic E-state index is 0.0854. The lowest BCUT2D eigenvalue weighted by molar-refractivity contribution is -0.166. The topological polar surface area (TPSA) is 86.0 Å². The summed E-state index contributed by atoms with van der Waals surface area (Å²) in [6, 6.07) is 25.1. The van der Waals surface area contributed by atoms with E-state index in [1.807, 2.05) is 85.8 Å². The van der Waals surface area contributed by atoms with Crippen LogP contribution in [0.2, 0.25) is 0 Å². The van der Waals surface area contributed by atoms with E-state index >= 15 is 0 Å². The van der Waals surface area contributed by atoms with Gasteiger partial charge in [-0.1, -0.05) is 59.9 Å². The average molecular weight is 521 g/mol. The summed E-state index contributed by atoms with van der Waals surface area (Å²) in [6.45, 7) is 1.37. The zero-order chi connectivity index (χ0) is 27.2. The fourth-order valence-corrected chi connectivity index (χ4v) is 4.38. The average Bonchev–Trinajstić information content (AvgIpc) is 3.51. The minimum atomic E-state index is -1.28. The third-order valence-electron chi connectivity index (χ3n) is 6.55. The SMILES string of the molecule is Cc1ccc(C#Cc2ccc3oc(CCC(=O)OC[C@]4(CO)C/C(=C\c5ccccc5)C(=O)O4)cc3c2)cc1. The molecule has 0 aliphatic carbocycles. The van der Waals surface area contributed by atoms with Crippen LogP contribution in [0, 0.1) is 18.8 Å². The standard InChI is InChI=1S/C33H28O6/c1-23-7-9-24(10-8-23)11-12-26-13-15-30-27(17-26)19-29(38-30)14-16-31(35)37-22-33(21-34)20-28(32(36)39-33)18-25-5-3-2-4-6-25/h2-10,13,15,17-19,34H,14,16,20-22H2,1H3/b28-18+/t33-/m1/s1. The Morgan fingerprint density at radius 3 is 2.54 bits per heavy atom. The first kappa shape index (κ1) is 26.0. The number of rotatable bonds is 7. The Hall–Kier alpha value is -4.60. The molecule has 6 heteroatoms. The molecule has 1 aromatic heterocycles. The van der Waals surface area contributed by atoms with Gasteiger partial charge in [0.25, 0.3) is 0 Å². The number of furan rings is 1. The lowest BCUT2D eigenvalue weighted by Gasteiger charge is -2.24. The van der Waals surface area contributed by atoms with Gasteiger partial charge in [-0.15, -0.1) is 0 Å². The molecule has 1 aliphatic rings. The molecule has 4 aromatic rings. The predicted molar refractivity (Wildman–Crippen MR) is 148 cm³/mol. The van der Waals surface area contributed by atoms with Gasteiger partial charge >= 0.3 is 11.9 Å². The van der Waals surface area contributed by atoms with Crippen molar-refractivity contribution in [2.24, 2.45) is 0 Å². The molecule has 0 bridgehead atoms. The zero-order valence-electron chi connectivity index (χ0n) is 21.6. The molecule has 6 nitrogen and oxygen atoms in total. The van der Waals surface area contributed by atoms with Crippen molar-refractivity contribution >= 4 is 29.0 Å². The number of carbonyl (C=O) groups excluding carboxylic acids is 2. The molecule has 1 saturated heterocycles. The third-order valence-corrected chi connectivity index (χ3v) is 6.55. The summed E-state index contributed by atoms with van der Waals surface area (Å²) in [5.74, 6) is 6.01. The van der Waals surface area contributed by atoms with Crippen molar-refractivity contribution in [1.82, 2.24) is 0 Å². The lowest BCUT2D eigenvalue weighted by Crippen LogP contribution is -2.39. The van der Waals surface area contributed by atoms with Gasteiger partial charge in [-0.2, -0.15) is 0 Å². The second-order valence-corrected chi connectivity index (χ2v) is 9.73. The van der Waals surface area contributed by atoms with Gasteiger partial charge in [0.1, 0.15) is 18.0 Å². The Bertz CT molecular complexity index is 1580. The van der Waals surface area contributed by atoms with Crippen LogP contribution in [0.25, 0.3) is 17.0 Å². The van der Waals surface area contributed by atoms with Gasteiger partial charge in [0.15, 0.2) is 5.60 Å². The second-order valence-electron chi connectivity index (χ2n) is 9.73. The molecule has 1 fully saturated rings. The maximum Gasteiger partial charge on any atom is 0.334 e. The summed E-state index contributed by atoms with van der Waals surface area (Å²) < 4.78 is 16.7. The number of hydrogen-bond donors (Lipinski definition) is 1. The van der Waals surface area contributed by atoms with Gasteiger partial charge in [0, 0.05) is 34.9 Å². The summed E-state index contributed by atoms with van der Waals surface area (Å²) in [6.07, 6.45) is 2.32. The molecule has 196 valence electrons. The number of esters is 2.